The van der Waals surface area contributed by atoms with Crippen LogP contribution < -0.4 is 4.90 Å². The summed E-state index contributed by atoms with van der Waals surface area (Å²) in [6.45, 7) is 4.34. The van der Waals surface area contributed by atoms with Crippen LogP contribution in [0.5, 0.6) is 0 Å². The second kappa shape index (κ2) is 6.43. The average molecular weight is 340 g/mol. The van der Waals surface area contributed by atoms with E-state index >= 15 is 0 Å². The molecule has 5 nitrogen and oxygen atoms in total. The van der Waals surface area contributed by atoms with Gasteiger partial charge >= 0.3 is 0 Å². The quantitative estimate of drug-likeness (QED) is 0.843. The van der Waals surface area contributed by atoms with Gasteiger partial charge in [-0.05, 0) is 37.8 Å². The number of carbonyl (C=O) groups is 1. The molecule has 0 bridgehead atoms. The van der Waals surface area contributed by atoms with Gasteiger partial charge in [0.05, 0.1) is 18.4 Å². The lowest BCUT2D eigenvalue weighted by Crippen LogP contribution is -2.50. The molecule has 1 aromatic heterocycles. The molecule has 0 saturated carbocycles. The zero-order valence-electron chi connectivity index (χ0n) is 14.2. The average Bonchev–Trinajstić information content (AvgIpc) is 3.05. The van der Waals surface area contributed by atoms with Gasteiger partial charge < -0.3 is 9.80 Å². The van der Waals surface area contributed by atoms with Crippen LogP contribution in [0.15, 0.2) is 36.7 Å². The van der Waals surface area contributed by atoms with Gasteiger partial charge in [0.15, 0.2) is 5.82 Å². The second-order valence-corrected chi connectivity index (χ2v) is 6.92. The van der Waals surface area contributed by atoms with Crippen molar-refractivity contribution in [2.75, 3.05) is 24.5 Å². The molecule has 25 heavy (non-hydrogen) atoms. The topological polar surface area (TPSA) is 49.3 Å². The molecule has 2 aliphatic heterocycles. The van der Waals surface area contributed by atoms with Crippen LogP contribution in [0.2, 0.25) is 0 Å². The van der Waals surface area contributed by atoms with Gasteiger partial charge in [-0.1, -0.05) is 17.7 Å². The first kappa shape index (κ1) is 16.0. The highest BCUT2D eigenvalue weighted by atomic mass is 19.1. The van der Waals surface area contributed by atoms with Gasteiger partial charge in [0.25, 0.3) is 5.91 Å². The van der Waals surface area contributed by atoms with Gasteiger partial charge in [0.2, 0.25) is 5.95 Å². The number of hydrogen-bond acceptors (Lipinski definition) is 4. The van der Waals surface area contributed by atoms with Crippen molar-refractivity contribution in [2.24, 2.45) is 5.92 Å². The summed E-state index contributed by atoms with van der Waals surface area (Å²) < 4.78 is 13.1. The zero-order valence-corrected chi connectivity index (χ0v) is 14.2. The number of benzene rings is 1. The van der Waals surface area contributed by atoms with E-state index in [2.05, 4.69) is 14.9 Å². The molecule has 2 unspecified atom stereocenters. The standard InChI is InChI=1S/C19H21FN4O/c1-13-3-2-4-15(9-13)18(25)24-8-6-14-5-7-23(12-17(14)24)19-21-10-16(20)11-22-19/h2-4,9-11,14,17H,5-8,12H2,1H3. The predicted molar refractivity (Wildman–Crippen MR) is 92.9 cm³/mol. The molecule has 2 atom stereocenters. The number of aromatic nitrogens is 2. The smallest absolute Gasteiger partial charge is 0.254 e. The van der Waals surface area contributed by atoms with Crippen molar-refractivity contribution in [1.82, 2.24) is 14.9 Å². The Morgan fingerprint density at radius 1 is 1.20 bits per heavy atom. The summed E-state index contributed by atoms with van der Waals surface area (Å²) in [6.07, 6.45) is 4.43. The number of nitrogens with zero attached hydrogens (tertiary/aromatic N) is 4. The maximum Gasteiger partial charge on any atom is 0.254 e. The lowest BCUT2D eigenvalue weighted by molar-refractivity contribution is 0.0711. The minimum absolute atomic E-state index is 0.0954. The fourth-order valence-corrected chi connectivity index (χ4v) is 3.99. The zero-order chi connectivity index (χ0) is 17.4. The molecule has 6 heteroatoms. The van der Waals surface area contributed by atoms with E-state index < -0.39 is 5.82 Å². The summed E-state index contributed by atoms with van der Waals surface area (Å²) in [4.78, 5) is 25.2. The van der Waals surface area contributed by atoms with Gasteiger partial charge in [-0.15, -0.1) is 0 Å². The van der Waals surface area contributed by atoms with E-state index in [0.29, 0.717) is 18.4 Å². The number of amides is 1. The van der Waals surface area contributed by atoms with Crippen molar-refractivity contribution in [2.45, 2.75) is 25.8 Å². The van der Waals surface area contributed by atoms with E-state index in [1.54, 1.807) is 0 Å². The fraction of sp³-hybridized carbons (Fsp3) is 0.421. The first-order chi connectivity index (χ1) is 12.1. The van der Waals surface area contributed by atoms with Crippen LogP contribution in [0.3, 0.4) is 0 Å². The highest BCUT2D eigenvalue weighted by Crippen LogP contribution is 2.33. The summed E-state index contributed by atoms with van der Waals surface area (Å²) in [5.41, 5.74) is 1.84. The fourth-order valence-electron chi connectivity index (χ4n) is 3.99. The van der Waals surface area contributed by atoms with Crippen molar-refractivity contribution in [3.63, 3.8) is 0 Å². The lowest BCUT2D eigenvalue weighted by Gasteiger charge is -2.38. The molecule has 2 aromatic rings. The highest BCUT2D eigenvalue weighted by molar-refractivity contribution is 5.94. The molecule has 2 aliphatic rings. The van der Waals surface area contributed by atoms with E-state index in [4.69, 9.17) is 0 Å². The molecule has 0 N–H and O–H groups in total. The predicted octanol–water partition coefficient (Wildman–Crippen LogP) is 2.67. The van der Waals surface area contributed by atoms with Gasteiger partial charge in [0.1, 0.15) is 0 Å². The van der Waals surface area contributed by atoms with E-state index in [-0.39, 0.29) is 11.9 Å². The van der Waals surface area contributed by atoms with Gasteiger partial charge in [-0.2, -0.15) is 0 Å². The molecule has 4 rings (SSSR count). The largest absolute Gasteiger partial charge is 0.339 e. The Morgan fingerprint density at radius 3 is 2.72 bits per heavy atom. The number of rotatable bonds is 2. The van der Waals surface area contributed by atoms with Crippen molar-refractivity contribution < 1.29 is 9.18 Å². The summed E-state index contributed by atoms with van der Waals surface area (Å²) in [7, 11) is 0. The van der Waals surface area contributed by atoms with Crippen LogP contribution in [-0.2, 0) is 0 Å². The van der Waals surface area contributed by atoms with Crippen molar-refractivity contribution >= 4 is 11.9 Å². The summed E-state index contributed by atoms with van der Waals surface area (Å²) in [6, 6.07) is 7.91. The summed E-state index contributed by atoms with van der Waals surface area (Å²) >= 11 is 0. The first-order valence-electron chi connectivity index (χ1n) is 8.72. The minimum atomic E-state index is -0.434. The SMILES string of the molecule is Cc1cccc(C(=O)N2CCC3CCN(c4ncc(F)cn4)CC32)c1. The first-order valence-corrected chi connectivity index (χ1v) is 8.72. The Bertz CT molecular complexity index is 779. The normalized spacial score (nSPS) is 22.8. The van der Waals surface area contributed by atoms with E-state index in [1.807, 2.05) is 36.1 Å². The van der Waals surface area contributed by atoms with Crippen molar-refractivity contribution in [1.29, 1.82) is 0 Å². The van der Waals surface area contributed by atoms with Crippen molar-refractivity contribution in [3.8, 4) is 0 Å². The molecular formula is C19H21FN4O. The van der Waals surface area contributed by atoms with Crippen LogP contribution in [-0.4, -0.2) is 46.5 Å². The number of hydrogen-bond donors (Lipinski definition) is 0. The number of likely N-dealkylation sites (tertiary alicyclic amines) is 1. The second-order valence-electron chi connectivity index (χ2n) is 6.92. The Balaban J connectivity index is 1.54. The van der Waals surface area contributed by atoms with Crippen molar-refractivity contribution in [3.05, 3.63) is 53.6 Å². The third-order valence-corrected chi connectivity index (χ3v) is 5.28. The molecular weight excluding hydrogens is 319 g/mol. The third kappa shape index (κ3) is 3.08. The van der Waals surface area contributed by atoms with Crippen LogP contribution in [0.4, 0.5) is 10.3 Å². The van der Waals surface area contributed by atoms with Gasteiger partial charge in [-0.25, -0.2) is 14.4 Å². The maximum atomic E-state index is 13.1. The monoisotopic (exact) mass is 340 g/mol. The maximum absolute atomic E-state index is 13.1. The number of anilines is 1. The number of carbonyl (C=O) groups excluding carboxylic acids is 1. The Hall–Kier alpha value is -2.50. The van der Waals surface area contributed by atoms with Gasteiger partial charge in [-0.3, -0.25) is 4.79 Å². The molecule has 0 spiro atoms. The molecule has 3 heterocycles. The number of fused-ring (bicyclic) bond motifs is 1. The van der Waals surface area contributed by atoms with Crippen LogP contribution >= 0.6 is 0 Å². The van der Waals surface area contributed by atoms with Crippen LogP contribution in [0, 0.1) is 18.7 Å². The van der Waals surface area contributed by atoms with Crippen LogP contribution in [0.1, 0.15) is 28.8 Å². The summed E-state index contributed by atoms with van der Waals surface area (Å²) in [5, 5.41) is 0. The molecule has 130 valence electrons. The molecule has 1 amide bonds. The molecule has 1 aromatic carbocycles. The van der Waals surface area contributed by atoms with Crippen LogP contribution in [0.25, 0.3) is 0 Å². The Morgan fingerprint density at radius 2 is 1.96 bits per heavy atom. The number of halogens is 1. The third-order valence-electron chi connectivity index (χ3n) is 5.28. The van der Waals surface area contributed by atoms with E-state index in [1.165, 1.54) is 12.4 Å². The molecule has 0 aliphatic carbocycles. The van der Waals surface area contributed by atoms with E-state index in [0.717, 1.165) is 37.1 Å². The highest BCUT2D eigenvalue weighted by Gasteiger charge is 2.41. The molecule has 0 radical (unpaired) electrons. The molecule has 2 saturated heterocycles. The van der Waals surface area contributed by atoms with E-state index in [9.17, 15) is 9.18 Å². The number of aryl methyl sites for hydroxylation is 1. The lowest BCUT2D eigenvalue weighted by atomic mass is 9.92. The summed E-state index contributed by atoms with van der Waals surface area (Å²) in [5.74, 6) is 0.717. The van der Waals surface area contributed by atoms with Gasteiger partial charge in [0, 0.05) is 25.2 Å². The molecule has 2 fully saturated rings. The Kier molecular flexibility index (Phi) is 4.11. The minimum Gasteiger partial charge on any atom is -0.339 e. The number of piperidine rings is 1. The Labute approximate surface area is 146 Å².